The minimum Gasteiger partial charge on any atom is -0.370 e. The molecule has 0 aliphatic carbocycles. The molecule has 28 heavy (non-hydrogen) atoms. The van der Waals surface area contributed by atoms with Gasteiger partial charge in [0, 0.05) is 26.2 Å². The van der Waals surface area contributed by atoms with Crippen molar-refractivity contribution >= 4 is 17.3 Å². The lowest BCUT2D eigenvalue weighted by Crippen LogP contribution is -2.40. The Balaban J connectivity index is 1.39. The number of likely N-dealkylation sites (tertiary alicyclic amines) is 1. The fraction of sp³-hybridized carbons (Fsp3) is 0.458. The number of para-hydroxylation sites is 2. The molecule has 1 unspecified atom stereocenters. The number of amides is 1. The van der Waals surface area contributed by atoms with Gasteiger partial charge in [-0.3, -0.25) is 9.69 Å². The lowest BCUT2D eigenvalue weighted by Gasteiger charge is -2.33. The third-order valence-corrected chi connectivity index (χ3v) is 5.98. The number of benzene rings is 2. The molecule has 2 aromatic carbocycles. The van der Waals surface area contributed by atoms with E-state index in [0.29, 0.717) is 0 Å². The average Bonchev–Trinajstić information content (AvgIpc) is 2.76. The van der Waals surface area contributed by atoms with Crippen LogP contribution in [0, 0.1) is 5.92 Å². The van der Waals surface area contributed by atoms with Gasteiger partial charge in [0.15, 0.2) is 0 Å². The Hall–Kier alpha value is -2.33. The van der Waals surface area contributed by atoms with E-state index in [9.17, 15) is 4.79 Å². The summed E-state index contributed by atoms with van der Waals surface area (Å²) >= 11 is 0. The van der Waals surface area contributed by atoms with Crippen LogP contribution in [0.3, 0.4) is 0 Å². The van der Waals surface area contributed by atoms with E-state index in [0.717, 1.165) is 51.3 Å². The van der Waals surface area contributed by atoms with Gasteiger partial charge in [0.2, 0.25) is 5.91 Å². The number of hydrogen-bond acceptors (Lipinski definition) is 3. The molecule has 1 atom stereocenters. The SMILES string of the molecule is O=C(Nc1ccccc1N1CCCCC1)C1CCCN(Cc2ccccc2)C1. The van der Waals surface area contributed by atoms with E-state index in [-0.39, 0.29) is 11.8 Å². The van der Waals surface area contributed by atoms with Gasteiger partial charge in [0.05, 0.1) is 17.3 Å². The molecule has 2 aromatic rings. The Morgan fingerprint density at radius 3 is 2.46 bits per heavy atom. The molecule has 0 radical (unpaired) electrons. The van der Waals surface area contributed by atoms with Crippen LogP contribution in [-0.2, 0) is 11.3 Å². The number of rotatable bonds is 5. The summed E-state index contributed by atoms with van der Waals surface area (Å²) in [6.07, 6.45) is 5.84. The van der Waals surface area contributed by atoms with E-state index in [4.69, 9.17) is 0 Å². The van der Waals surface area contributed by atoms with Crippen molar-refractivity contribution in [2.45, 2.75) is 38.6 Å². The van der Waals surface area contributed by atoms with Crippen LogP contribution in [0.25, 0.3) is 0 Å². The second-order valence-corrected chi connectivity index (χ2v) is 8.11. The van der Waals surface area contributed by atoms with Crippen molar-refractivity contribution in [1.82, 2.24) is 4.90 Å². The molecule has 0 bridgehead atoms. The third kappa shape index (κ3) is 4.74. The predicted octanol–water partition coefficient (Wildman–Crippen LogP) is 4.53. The first-order valence-corrected chi connectivity index (χ1v) is 10.7. The van der Waals surface area contributed by atoms with Crippen LogP contribution in [0.2, 0.25) is 0 Å². The van der Waals surface area contributed by atoms with Gasteiger partial charge >= 0.3 is 0 Å². The van der Waals surface area contributed by atoms with E-state index in [1.807, 2.05) is 12.1 Å². The van der Waals surface area contributed by atoms with Gasteiger partial charge in [0.1, 0.15) is 0 Å². The highest BCUT2D eigenvalue weighted by Crippen LogP contribution is 2.29. The van der Waals surface area contributed by atoms with Gasteiger partial charge in [-0.2, -0.15) is 0 Å². The first kappa shape index (κ1) is 19.0. The molecule has 4 rings (SSSR count). The van der Waals surface area contributed by atoms with E-state index >= 15 is 0 Å². The van der Waals surface area contributed by atoms with Crippen LogP contribution in [0.15, 0.2) is 54.6 Å². The van der Waals surface area contributed by atoms with Gasteiger partial charge in [0.25, 0.3) is 0 Å². The summed E-state index contributed by atoms with van der Waals surface area (Å²) in [4.78, 5) is 17.9. The summed E-state index contributed by atoms with van der Waals surface area (Å²) in [5.41, 5.74) is 3.46. The first-order valence-electron chi connectivity index (χ1n) is 10.7. The van der Waals surface area contributed by atoms with Gasteiger partial charge < -0.3 is 10.2 Å². The Kier molecular flexibility index (Phi) is 6.27. The van der Waals surface area contributed by atoms with E-state index in [2.05, 4.69) is 57.6 Å². The predicted molar refractivity (Wildman–Crippen MR) is 116 cm³/mol. The van der Waals surface area contributed by atoms with Crippen molar-refractivity contribution in [1.29, 1.82) is 0 Å². The van der Waals surface area contributed by atoms with E-state index in [1.165, 1.54) is 30.5 Å². The Labute approximate surface area is 168 Å². The maximum absolute atomic E-state index is 13.0. The van der Waals surface area contributed by atoms with Gasteiger partial charge in [-0.15, -0.1) is 0 Å². The van der Waals surface area contributed by atoms with Crippen LogP contribution in [0.1, 0.15) is 37.7 Å². The molecule has 2 fully saturated rings. The maximum Gasteiger partial charge on any atom is 0.228 e. The second-order valence-electron chi connectivity index (χ2n) is 8.11. The number of piperidine rings is 2. The van der Waals surface area contributed by atoms with Crippen molar-refractivity contribution < 1.29 is 4.79 Å². The second kappa shape index (κ2) is 9.24. The highest BCUT2D eigenvalue weighted by molar-refractivity contribution is 5.96. The monoisotopic (exact) mass is 377 g/mol. The largest absolute Gasteiger partial charge is 0.370 e. The van der Waals surface area contributed by atoms with Gasteiger partial charge in [-0.1, -0.05) is 42.5 Å². The molecular weight excluding hydrogens is 346 g/mol. The molecule has 2 aliphatic rings. The lowest BCUT2D eigenvalue weighted by atomic mass is 9.96. The molecular formula is C24H31N3O. The summed E-state index contributed by atoms with van der Waals surface area (Å²) < 4.78 is 0. The third-order valence-electron chi connectivity index (χ3n) is 5.98. The van der Waals surface area contributed by atoms with Crippen molar-refractivity contribution in [2.75, 3.05) is 36.4 Å². The Morgan fingerprint density at radius 2 is 1.64 bits per heavy atom. The number of carbonyl (C=O) groups is 1. The summed E-state index contributed by atoms with van der Waals surface area (Å²) in [5.74, 6) is 0.231. The van der Waals surface area contributed by atoms with Crippen LogP contribution in [0.4, 0.5) is 11.4 Å². The Bertz CT molecular complexity index is 770. The first-order chi connectivity index (χ1) is 13.8. The number of carbonyl (C=O) groups excluding carboxylic acids is 1. The van der Waals surface area contributed by atoms with Crippen molar-refractivity contribution in [2.24, 2.45) is 5.92 Å². The molecule has 2 heterocycles. The quantitative estimate of drug-likeness (QED) is 0.832. The number of nitrogens with one attached hydrogen (secondary N) is 1. The van der Waals surface area contributed by atoms with Crippen molar-refractivity contribution in [3.63, 3.8) is 0 Å². The summed E-state index contributed by atoms with van der Waals surface area (Å²) in [5, 5.41) is 3.25. The van der Waals surface area contributed by atoms with Crippen LogP contribution in [0.5, 0.6) is 0 Å². The zero-order valence-electron chi connectivity index (χ0n) is 16.6. The number of anilines is 2. The molecule has 148 valence electrons. The maximum atomic E-state index is 13.0. The summed E-state index contributed by atoms with van der Waals surface area (Å²) in [6, 6.07) is 18.8. The number of nitrogens with zero attached hydrogens (tertiary/aromatic N) is 2. The average molecular weight is 378 g/mol. The molecule has 1 amide bonds. The molecule has 4 heteroatoms. The standard InChI is InChI=1S/C24H31N3O/c28-24(21-12-9-15-26(19-21)18-20-10-3-1-4-11-20)25-22-13-5-6-14-23(22)27-16-7-2-8-17-27/h1,3-6,10-11,13-14,21H,2,7-9,12,15-19H2,(H,25,28). The normalized spacial score (nSPS) is 20.7. The molecule has 0 aromatic heterocycles. The van der Waals surface area contributed by atoms with Gasteiger partial charge in [-0.25, -0.2) is 0 Å². The molecule has 0 saturated carbocycles. The van der Waals surface area contributed by atoms with Crippen LogP contribution >= 0.6 is 0 Å². The smallest absolute Gasteiger partial charge is 0.228 e. The minimum absolute atomic E-state index is 0.0619. The fourth-order valence-corrected chi connectivity index (χ4v) is 4.48. The lowest BCUT2D eigenvalue weighted by molar-refractivity contribution is -0.121. The highest BCUT2D eigenvalue weighted by atomic mass is 16.1. The molecule has 2 aliphatic heterocycles. The number of hydrogen-bond donors (Lipinski definition) is 1. The van der Waals surface area contributed by atoms with Crippen LogP contribution in [-0.4, -0.2) is 37.0 Å². The molecule has 4 nitrogen and oxygen atoms in total. The van der Waals surface area contributed by atoms with Gasteiger partial charge in [-0.05, 0) is 56.3 Å². The summed E-state index contributed by atoms with van der Waals surface area (Å²) in [7, 11) is 0. The van der Waals surface area contributed by atoms with E-state index in [1.54, 1.807) is 0 Å². The highest BCUT2D eigenvalue weighted by Gasteiger charge is 2.26. The topological polar surface area (TPSA) is 35.6 Å². The fourth-order valence-electron chi connectivity index (χ4n) is 4.48. The van der Waals surface area contributed by atoms with Crippen LogP contribution < -0.4 is 10.2 Å². The molecule has 2 saturated heterocycles. The zero-order chi connectivity index (χ0) is 19.2. The zero-order valence-corrected chi connectivity index (χ0v) is 16.6. The van der Waals surface area contributed by atoms with Crippen molar-refractivity contribution in [3.8, 4) is 0 Å². The van der Waals surface area contributed by atoms with E-state index < -0.39 is 0 Å². The molecule has 1 N–H and O–H groups in total. The molecule has 0 spiro atoms. The Morgan fingerprint density at radius 1 is 0.893 bits per heavy atom. The summed E-state index contributed by atoms with van der Waals surface area (Å²) in [6.45, 7) is 5.01. The minimum atomic E-state index is 0.0619. The van der Waals surface area contributed by atoms with Crippen molar-refractivity contribution in [3.05, 3.63) is 60.2 Å².